The molecule has 16 nitrogen and oxygen atoms in total. The fraction of sp³-hybridized carbons (Fsp3) is 0.629. The van der Waals surface area contributed by atoms with E-state index in [4.69, 9.17) is 10.5 Å². The van der Waals surface area contributed by atoms with Crippen LogP contribution in [0.2, 0.25) is 0 Å². The van der Waals surface area contributed by atoms with E-state index in [0.717, 1.165) is 44.8 Å². The SMILES string of the molecule is CS(=O)(=O)c1ccc(C(=O)N[C@H](CC2CCCCC2)C(=O)N2C[C@@H](n3nncc3C3(O)COC3)C[C@H]2C(=O)NC2(C(=O)C(N)=O)CCCCC2)cc1. The third-order valence-electron chi connectivity index (χ3n) is 11.1. The van der Waals surface area contributed by atoms with Crippen LogP contribution in [0.15, 0.2) is 35.4 Å². The van der Waals surface area contributed by atoms with E-state index in [1.54, 1.807) is 0 Å². The molecule has 1 aromatic carbocycles. The van der Waals surface area contributed by atoms with Crippen molar-refractivity contribution in [2.24, 2.45) is 11.7 Å². The number of amides is 4. The second-order valence-electron chi connectivity index (χ2n) is 14.9. The summed E-state index contributed by atoms with van der Waals surface area (Å²) in [5.74, 6) is -3.63. The Morgan fingerprint density at radius 1 is 1.02 bits per heavy atom. The van der Waals surface area contributed by atoms with Gasteiger partial charge in [0, 0.05) is 24.8 Å². The number of benzene rings is 1. The fourth-order valence-corrected chi connectivity index (χ4v) is 8.80. The third kappa shape index (κ3) is 7.76. The average molecular weight is 742 g/mol. The molecule has 0 unspecified atom stereocenters. The number of primary amides is 1. The van der Waals surface area contributed by atoms with E-state index in [9.17, 15) is 37.5 Å². The second-order valence-corrected chi connectivity index (χ2v) is 16.9. The molecule has 3 heterocycles. The van der Waals surface area contributed by atoms with Crippen molar-refractivity contribution in [1.82, 2.24) is 30.5 Å². The number of rotatable bonds is 12. The van der Waals surface area contributed by atoms with Crippen molar-refractivity contribution in [3.05, 3.63) is 41.7 Å². The number of nitrogens with two attached hydrogens (primary N) is 1. The van der Waals surface area contributed by atoms with Gasteiger partial charge in [-0.05, 0) is 49.4 Å². The Bertz CT molecular complexity index is 1800. The highest BCUT2D eigenvalue weighted by molar-refractivity contribution is 7.90. The quantitative estimate of drug-likeness (QED) is 0.221. The number of hydrogen-bond acceptors (Lipinski definition) is 11. The Labute approximate surface area is 302 Å². The molecule has 17 heteroatoms. The van der Waals surface area contributed by atoms with Gasteiger partial charge in [-0.15, -0.1) is 5.10 Å². The van der Waals surface area contributed by atoms with E-state index in [-0.39, 0.29) is 55.4 Å². The Hall–Kier alpha value is -4.22. The summed E-state index contributed by atoms with van der Waals surface area (Å²) in [7, 11) is -3.50. The lowest BCUT2D eigenvalue weighted by atomic mass is 9.78. The zero-order valence-corrected chi connectivity index (χ0v) is 30.1. The largest absolute Gasteiger partial charge is 0.379 e. The summed E-state index contributed by atoms with van der Waals surface area (Å²) >= 11 is 0. The lowest BCUT2D eigenvalue weighted by Crippen LogP contribution is -2.62. The predicted molar refractivity (Wildman–Crippen MR) is 184 cm³/mol. The van der Waals surface area contributed by atoms with Gasteiger partial charge in [0.15, 0.2) is 15.4 Å². The first-order valence-corrected chi connectivity index (χ1v) is 19.9. The number of ether oxygens (including phenoxy) is 1. The van der Waals surface area contributed by atoms with Gasteiger partial charge in [-0.1, -0.05) is 56.6 Å². The maximum absolute atomic E-state index is 14.8. The first-order valence-electron chi connectivity index (χ1n) is 18.0. The first kappa shape index (κ1) is 37.5. The van der Waals surface area contributed by atoms with Crippen molar-refractivity contribution in [1.29, 1.82) is 0 Å². The summed E-state index contributed by atoms with van der Waals surface area (Å²) in [6, 6.07) is 2.63. The minimum Gasteiger partial charge on any atom is -0.379 e. The molecule has 3 atom stereocenters. The molecule has 2 aliphatic carbocycles. The molecule has 6 rings (SSSR count). The van der Waals surface area contributed by atoms with Crippen LogP contribution >= 0.6 is 0 Å². The highest BCUT2D eigenvalue weighted by Gasteiger charge is 2.50. The van der Waals surface area contributed by atoms with E-state index >= 15 is 0 Å². The molecule has 4 amide bonds. The Balaban J connectivity index is 1.32. The van der Waals surface area contributed by atoms with E-state index in [1.165, 1.54) is 40.0 Å². The minimum absolute atomic E-state index is 0.0259. The Morgan fingerprint density at radius 3 is 2.27 bits per heavy atom. The van der Waals surface area contributed by atoms with Crippen LogP contribution in [0.1, 0.15) is 99.1 Å². The number of hydrogen-bond donors (Lipinski definition) is 4. The lowest BCUT2D eigenvalue weighted by Gasteiger charge is -2.38. The van der Waals surface area contributed by atoms with E-state index in [0.29, 0.717) is 25.0 Å². The smallest absolute Gasteiger partial charge is 0.287 e. The van der Waals surface area contributed by atoms with Crippen molar-refractivity contribution in [2.45, 2.75) is 111 Å². The predicted octanol–water partition coefficient (Wildman–Crippen LogP) is 0.684. The van der Waals surface area contributed by atoms with Crippen LogP contribution in [0, 0.1) is 5.92 Å². The molecular formula is C35H47N7O9S. The number of sulfone groups is 1. The number of carbonyl (C=O) groups is 5. The summed E-state index contributed by atoms with van der Waals surface area (Å²) in [5, 5.41) is 25.1. The van der Waals surface area contributed by atoms with Crippen LogP contribution < -0.4 is 16.4 Å². The van der Waals surface area contributed by atoms with Gasteiger partial charge < -0.3 is 31.1 Å². The molecule has 2 aromatic rings. The molecule has 52 heavy (non-hydrogen) atoms. The van der Waals surface area contributed by atoms with Crippen molar-refractivity contribution >= 4 is 39.2 Å². The molecule has 282 valence electrons. The summed E-state index contributed by atoms with van der Waals surface area (Å²) in [6.45, 7) is 0.0250. The molecule has 4 aliphatic rings. The highest BCUT2D eigenvalue weighted by atomic mass is 32.2. The zero-order valence-electron chi connectivity index (χ0n) is 29.3. The monoisotopic (exact) mass is 741 g/mol. The number of likely N-dealkylation sites (tertiary alicyclic amines) is 1. The number of aliphatic hydroxyl groups is 1. The van der Waals surface area contributed by atoms with Crippen LogP contribution in [-0.2, 0) is 39.4 Å². The number of Topliss-reactive ketones (excluding diaryl/α,β-unsaturated/α-hetero) is 1. The van der Waals surface area contributed by atoms with Gasteiger partial charge >= 0.3 is 0 Å². The van der Waals surface area contributed by atoms with Crippen LogP contribution in [0.3, 0.4) is 0 Å². The van der Waals surface area contributed by atoms with Gasteiger partial charge in [-0.3, -0.25) is 24.0 Å². The summed E-state index contributed by atoms with van der Waals surface area (Å²) in [5.41, 5.74) is 3.13. The second kappa shape index (κ2) is 15.0. The summed E-state index contributed by atoms with van der Waals surface area (Å²) < 4.78 is 30.8. The number of ketones is 1. The average Bonchev–Trinajstić information content (AvgIpc) is 3.79. The lowest BCUT2D eigenvalue weighted by molar-refractivity contribution is -0.189. The number of carbonyl (C=O) groups excluding carboxylic acids is 5. The summed E-state index contributed by atoms with van der Waals surface area (Å²) in [4.78, 5) is 69.5. The maximum Gasteiger partial charge on any atom is 0.287 e. The molecule has 2 saturated carbocycles. The minimum atomic E-state index is -3.50. The molecular weight excluding hydrogens is 694 g/mol. The van der Waals surface area contributed by atoms with Gasteiger partial charge in [0.25, 0.3) is 11.8 Å². The van der Waals surface area contributed by atoms with Gasteiger partial charge in [0.2, 0.25) is 17.6 Å². The normalized spacial score (nSPS) is 23.6. The maximum atomic E-state index is 14.8. The van der Waals surface area contributed by atoms with Crippen LogP contribution in [0.5, 0.6) is 0 Å². The molecule has 2 aliphatic heterocycles. The first-order chi connectivity index (χ1) is 24.7. The molecule has 0 radical (unpaired) electrons. The standard InChI is InChI=1S/C35H47N7O9S/c1-52(49,50)25-12-10-23(11-13-25)31(45)38-26(16-22-8-4-2-5-9-22)33(47)41-19-24(42-28(18-37-40-42)35(48)20-51-21-35)17-27(41)32(46)39-34(29(43)30(36)44)14-6-3-7-15-34/h10-13,18,22,24,26-27,48H,2-9,14-17,19-21H2,1H3,(H2,36,44)(H,38,45)(H,39,46)/t24-,26+,27-/m0/s1. The van der Waals surface area contributed by atoms with Crippen LogP contribution in [0.25, 0.3) is 0 Å². The third-order valence-corrected chi connectivity index (χ3v) is 12.2. The van der Waals surface area contributed by atoms with Gasteiger partial charge in [0.1, 0.15) is 17.6 Å². The zero-order chi connectivity index (χ0) is 37.3. The van der Waals surface area contributed by atoms with Crippen molar-refractivity contribution in [2.75, 3.05) is 26.0 Å². The van der Waals surface area contributed by atoms with Gasteiger partial charge in [0.05, 0.1) is 36.0 Å². The van der Waals surface area contributed by atoms with Crippen LogP contribution in [0.4, 0.5) is 0 Å². The molecule has 5 N–H and O–H groups in total. The van der Waals surface area contributed by atoms with E-state index in [1.807, 2.05) is 0 Å². The topological polar surface area (TPSA) is 233 Å². The van der Waals surface area contributed by atoms with Crippen molar-refractivity contribution < 1.29 is 42.2 Å². The fourth-order valence-electron chi connectivity index (χ4n) is 8.17. The van der Waals surface area contributed by atoms with E-state index < -0.39 is 68.5 Å². The van der Waals surface area contributed by atoms with Gasteiger partial charge in [-0.2, -0.15) is 0 Å². The number of aromatic nitrogens is 3. The van der Waals surface area contributed by atoms with Crippen LogP contribution in [-0.4, -0.2) is 106 Å². The van der Waals surface area contributed by atoms with Crippen molar-refractivity contribution in [3.8, 4) is 0 Å². The molecule has 4 fully saturated rings. The number of nitrogens with zero attached hydrogens (tertiary/aromatic N) is 4. The molecule has 2 saturated heterocycles. The Morgan fingerprint density at radius 2 is 1.67 bits per heavy atom. The van der Waals surface area contributed by atoms with E-state index in [2.05, 4.69) is 20.9 Å². The highest BCUT2D eigenvalue weighted by Crippen LogP contribution is 2.37. The van der Waals surface area contributed by atoms with Gasteiger partial charge in [-0.25, -0.2) is 13.1 Å². The Kier molecular flexibility index (Phi) is 10.8. The summed E-state index contributed by atoms with van der Waals surface area (Å²) in [6.07, 6.45) is 10.1. The number of nitrogens with one attached hydrogen (secondary N) is 2. The van der Waals surface area contributed by atoms with Crippen molar-refractivity contribution in [3.63, 3.8) is 0 Å². The molecule has 0 bridgehead atoms. The molecule has 0 spiro atoms. The molecule has 1 aromatic heterocycles.